The van der Waals surface area contributed by atoms with Crippen molar-refractivity contribution in [3.05, 3.63) is 12.7 Å². The number of hydrogen-bond donors (Lipinski definition) is 1. The van der Waals surface area contributed by atoms with E-state index in [1.807, 2.05) is 0 Å². The first-order valence-corrected chi connectivity index (χ1v) is 6.84. The van der Waals surface area contributed by atoms with Crippen LogP contribution < -0.4 is 10.2 Å². The van der Waals surface area contributed by atoms with Gasteiger partial charge in [-0.05, 0) is 12.3 Å². The van der Waals surface area contributed by atoms with Crippen LogP contribution in [0, 0.1) is 5.92 Å². The van der Waals surface area contributed by atoms with Crippen molar-refractivity contribution in [2.24, 2.45) is 5.92 Å². The topological polar surface area (TPSA) is 84.7 Å². The Kier molecular flexibility index (Phi) is 3.44. The molecule has 2 aromatic heterocycles. The Hall–Kier alpha value is -2.25. The summed E-state index contributed by atoms with van der Waals surface area (Å²) >= 11 is 0. The van der Waals surface area contributed by atoms with E-state index in [9.17, 15) is 0 Å². The monoisotopic (exact) mass is 274 g/mol. The number of anilines is 2. The normalized spacial score (nSPS) is 18.5. The SMILES string of the molecule is CCC1CCN(c2nc(NC)nc(-n3cncn3)n2)C1. The molecule has 106 valence electrons. The van der Waals surface area contributed by atoms with Crippen LogP contribution in [0.2, 0.25) is 0 Å². The fraction of sp³-hybridized carbons (Fsp3) is 0.583. The van der Waals surface area contributed by atoms with Crippen molar-refractivity contribution in [3.63, 3.8) is 0 Å². The number of rotatable bonds is 4. The number of aromatic nitrogens is 6. The summed E-state index contributed by atoms with van der Waals surface area (Å²) < 4.78 is 1.54. The van der Waals surface area contributed by atoms with Gasteiger partial charge in [0.2, 0.25) is 11.9 Å². The van der Waals surface area contributed by atoms with Gasteiger partial charge in [-0.3, -0.25) is 0 Å². The van der Waals surface area contributed by atoms with Crippen molar-refractivity contribution in [1.29, 1.82) is 0 Å². The Labute approximate surface area is 117 Å². The molecule has 0 spiro atoms. The van der Waals surface area contributed by atoms with Crippen LogP contribution in [0.25, 0.3) is 5.95 Å². The molecule has 1 atom stereocenters. The molecule has 1 aliphatic heterocycles. The molecule has 8 nitrogen and oxygen atoms in total. The van der Waals surface area contributed by atoms with Crippen LogP contribution in [0.4, 0.5) is 11.9 Å². The smallest absolute Gasteiger partial charge is 0.258 e. The number of nitrogens with zero attached hydrogens (tertiary/aromatic N) is 7. The predicted octanol–water partition coefficient (Wildman–Crippen LogP) is 0.730. The fourth-order valence-electron chi connectivity index (χ4n) is 2.37. The Morgan fingerprint density at radius 2 is 2.15 bits per heavy atom. The lowest BCUT2D eigenvalue weighted by atomic mass is 10.1. The van der Waals surface area contributed by atoms with Crippen LogP contribution in [-0.4, -0.2) is 49.9 Å². The zero-order valence-electron chi connectivity index (χ0n) is 11.7. The number of nitrogens with one attached hydrogen (secondary N) is 1. The molecule has 2 aromatic rings. The maximum absolute atomic E-state index is 4.50. The highest BCUT2D eigenvalue weighted by atomic mass is 15.4. The van der Waals surface area contributed by atoms with Gasteiger partial charge in [-0.15, -0.1) is 0 Å². The molecule has 1 fully saturated rings. The summed E-state index contributed by atoms with van der Waals surface area (Å²) in [5.74, 6) is 2.45. The Bertz CT molecular complexity index is 567. The summed E-state index contributed by atoms with van der Waals surface area (Å²) in [4.78, 5) is 19.4. The van der Waals surface area contributed by atoms with E-state index >= 15 is 0 Å². The second kappa shape index (κ2) is 5.40. The lowest BCUT2D eigenvalue weighted by molar-refractivity contribution is 0.568. The molecule has 0 amide bonds. The minimum absolute atomic E-state index is 0.483. The van der Waals surface area contributed by atoms with E-state index in [1.54, 1.807) is 18.1 Å². The molecule has 0 bridgehead atoms. The van der Waals surface area contributed by atoms with Gasteiger partial charge in [0.05, 0.1) is 0 Å². The van der Waals surface area contributed by atoms with E-state index in [1.165, 1.54) is 19.2 Å². The molecule has 0 radical (unpaired) electrons. The molecule has 0 saturated carbocycles. The van der Waals surface area contributed by atoms with Gasteiger partial charge >= 0.3 is 0 Å². The average molecular weight is 274 g/mol. The van der Waals surface area contributed by atoms with Gasteiger partial charge in [0.25, 0.3) is 5.95 Å². The van der Waals surface area contributed by atoms with E-state index in [0.29, 0.717) is 17.8 Å². The first kappa shape index (κ1) is 12.8. The zero-order valence-corrected chi connectivity index (χ0v) is 11.7. The molecule has 1 unspecified atom stereocenters. The molecule has 0 aliphatic carbocycles. The van der Waals surface area contributed by atoms with Gasteiger partial charge in [0.1, 0.15) is 12.7 Å². The van der Waals surface area contributed by atoms with E-state index in [-0.39, 0.29) is 0 Å². The van der Waals surface area contributed by atoms with Gasteiger partial charge in [0.15, 0.2) is 0 Å². The largest absolute Gasteiger partial charge is 0.357 e. The number of hydrogen-bond acceptors (Lipinski definition) is 7. The van der Waals surface area contributed by atoms with Gasteiger partial charge in [0, 0.05) is 20.1 Å². The summed E-state index contributed by atoms with van der Waals surface area (Å²) in [6, 6.07) is 0. The van der Waals surface area contributed by atoms with Crippen molar-refractivity contribution in [2.75, 3.05) is 30.4 Å². The summed E-state index contributed by atoms with van der Waals surface area (Å²) in [6.45, 7) is 4.21. The van der Waals surface area contributed by atoms with Gasteiger partial charge < -0.3 is 10.2 Å². The van der Waals surface area contributed by atoms with Crippen molar-refractivity contribution in [2.45, 2.75) is 19.8 Å². The summed E-state index contributed by atoms with van der Waals surface area (Å²) in [5, 5.41) is 7.04. The standard InChI is InChI=1S/C12H18N8/c1-3-9-4-5-19(6-9)11-16-10(13-2)17-12(18-11)20-8-14-7-15-20/h7-9H,3-6H2,1-2H3,(H,13,16,17,18). The van der Waals surface area contributed by atoms with Crippen molar-refractivity contribution in [1.82, 2.24) is 29.7 Å². The van der Waals surface area contributed by atoms with Crippen molar-refractivity contribution >= 4 is 11.9 Å². The van der Waals surface area contributed by atoms with Crippen LogP contribution in [0.5, 0.6) is 0 Å². The molecule has 8 heteroatoms. The summed E-state index contributed by atoms with van der Waals surface area (Å²) in [7, 11) is 1.79. The van der Waals surface area contributed by atoms with Crippen LogP contribution in [-0.2, 0) is 0 Å². The van der Waals surface area contributed by atoms with Crippen LogP contribution in [0.3, 0.4) is 0 Å². The second-order valence-corrected chi connectivity index (χ2v) is 4.86. The highest BCUT2D eigenvalue weighted by Crippen LogP contribution is 2.23. The average Bonchev–Trinajstić information content (AvgIpc) is 3.17. The zero-order chi connectivity index (χ0) is 13.9. The predicted molar refractivity (Wildman–Crippen MR) is 74.9 cm³/mol. The molecule has 20 heavy (non-hydrogen) atoms. The van der Waals surface area contributed by atoms with Gasteiger partial charge in [-0.25, -0.2) is 4.98 Å². The highest BCUT2D eigenvalue weighted by molar-refractivity contribution is 5.40. The molecule has 1 aliphatic rings. The molecule has 0 aromatic carbocycles. The lowest BCUT2D eigenvalue weighted by Crippen LogP contribution is -2.23. The molecule has 3 heterocycles. The fourth-order valence-corrected chi connectivity index (χ4v) is 2.37. The van der Waals surface area contributed by atoms with E-state index in [4.69, 9.17) is 0 Å². The minimum atomic E-state index is 0.483. The van der Waals surface area contributed by atoms with Crippen LogP contribution >= 0.6 is 0 Å². The third-order valence-electron chi connectivity index (χ3n) is 3.61. The lowest BCUT2D eigenvalue weighted by Gasteiger charge is -2.17. The van der Waals surface area contributed by atoms with Crippen LogP contribution in [0.15, 0.2) is 12.7 Å². The molecular weight excluding hydrogens is 256 g/mol. The first-order valence-electron chi connectivity index (χ1n) is 6.84. The summed E-state index contributed by atoms with van der Waals surface area (Å²) in [5.41, 5.74) is 0. The maximum Gasteiger partial charge on any atom is 0.258 e. The third-order valence-corrected chi connectivity index (χ3v) is 3.61. The summed E-state index contributed by atoms with van der Waals surface area (Å²) in [6.07, 6.45) is 5.43. The minimum Gasteiger partial charge on any atom is -0.357 e. The molecular formula is C12H18N8. The first-order chi connectivity index (χ1) is 9.80. The second-order valence-electron chi connectivity index (χ2n) is 4.86. The van der Waals surface area contributed by atoms with Crippen molar-refractivity contribution in [3.8, 4) is 5.95 Å². The quantitative estimate of drug-likeness (QED) is 0.879. The molecule has 1 N–H and O–H groups in total. The van der Waals surface area contributed by atoms with Crippen molar-refractivity contribution < 1.29 is 0 Å². The van der Waals surface area contributed by atoms with Gasteiger partial charge in [-0.2, -0.15) is 24.7 Å². The Morgan fingerprint density at radius 1 is 1.30 bits per heavy atom. The maximum atomic E-state index is 4.50. The van der Waals surface area contributed by atoms with Crippen LogP contribution in [0.1, 0.15) is 19.8 Å². The van der Waals surface area contributed by atoms with E-state index in [0.717, 1.165) is 19.0 Å². The molecule has 3 rings (SSSR count). The Morgan fingerprint density at radius 3 is 2.80 bits per heavy atom. The van der Waals surface area contributed by atoms with Gasteiger partial charge in [-0.1, -0.05) is 13.3 Å². The third kappa shape index (κ3) is 2.40. The highest BCUT2D eigenvalue weighted by Gasteiger charge is 2.24. The Balaban J connectivity index is 1.93. The molecule has 1 saturated heterocycles. The van der Waals surface area contributed by atoms with E-state index < -0.39 is 0 Å². The van der Waals surface area contributed by atoms with E-state index in [2.05, 4.69) is 42.2 Å².